The molecule has 34 heavy (non-hydrogen) atoms. The van der Waals surface area contributed by atoms with Crippen LogP contribution >= 0.6 is 0 Å². The number of hydrogen-bond donors (Lipinski definition) is 1. The molecule has 0 aromatic carbocycles. The third-order valence-corrected chi connectivity index (χ3v) is 12.9. The third kappa shape index (κ3) is 2.75. The molecule has 0 radical (unpaired) electrons. The molecular formula is C30H44O4. The summed E-state index contributed by atoms with van der Waals surface area (Å²) in [6.07, 6.45) is 12.6. The van der Waals surface area contributed by atoms with Crippen molar-refractivity contribution in [2.24, 2.45) is 50.2 Å². The van der Waals surface area contributed by atoms with Crippen LogP contribution in [0.1, 0.15) is 106 Å². The number of aliphatic carboxylic acids is 1. The molecule has 0 heterocycles. The lowest BCUT2D eigenvalue weighted by Gasteiger charge is -2.71. The first-order valence-electron chi connectivity index (χ1n) is 13.7. The Hall–Kier alpha value is -1.45. The Labute approximate surface area is 205 Å². The van der Waals surface area contributed by atoms with Crippen LogP contribution in [0.5, 0.6) is 0 Å². The van der Waals surface area contributed by atoms with Crippen molar-refractivity contribution in [2.75, 3.05) is 0 Å². The van der Waals surface area contributed by atoms with Gasteiger partial charge in [-0.3, -0.25) is 9.59 Å². The van der Waals surface area contributed by atoms with Gasteiger partial charge in [0.2, 0.25) is 0 Å². The maximum atomic E-state index is 13.0. The van der Waals surface area contributed by atoms with Gasteiger partial charge in [-0.1, -0.05) is 46.3 Å². The number of carboxylic acids is 1. The summed E-state index contributed by atoms with van der Waals surface area (Å²) in [4.78, 5) is 38.1. The van der Waals surface area contributed by atoms with Gasteiger partial charge in [0, 0.05) is 17.3 Å². The second-order valence-electron chi connectivity index (χ2n) is 14.4. The van der Waals surface area contributed by atoms with Crippen LogP contribution in [0.2, 0.25) is 0 Å². The van der Waals surface area contributed by atoms with Crippen LogP contribution < -0.4 is 0 Å². The van der Waals surface area contributed by atoms with Crippen molar-refractivity contribution in [2.45, 2.75) is 106 Å². The fourth-order valence-electron chi connectivity index (χ4n) is 10.2. The minimum Gasteiger partial charge on any atom is -0.481 e. The van der Waals surface area contributed by atoms with E-state index in [1.807, 2.05) is 6.92 Å². The molecule has 5 rings (SSSR count). The number of Topliss-reactive ketones (excluding diaryl/α,β-unsaturated/α-hetero) is 1. The molecule has 0 aromatic heterocycles. The van der Waals surface area contributed by atoms with Crippen LogP contribution in [0.25, 0.3) is 0 Å². The van der Waals surface area contributed by atoms with Gasteiger partial charge < -0.3 is 9.90 Å². The first-order chi connectivity index (χ1) is 15.7. The van der Waals surface area contributed by atoms with E-state index in [0.29, 0.717) is 36.9 Å². The summed E-state index contributed by atoms with van der Waals surface area (Å²) in [6, 6.07) is 0. The third-order valence-electron chi connectivity index (χ3n) is 12.9. The molecule has 5 aliphatic carbocycles. The normalized spacial score (nSPS) is 51.8. The van der Waals surface area contributed by atoms with Crippen molar-refractivity contribution in [3.05, 3.63) is 11.6 Å². The molecule has 0 aromatic rings. The molecule has 4 fully saturated rings. The van der Waals surface area contributed by atoms with E-state index in [1.54, 1.807) is 0 Å². The number of carbonyl (C=O) groups is 3. The molecule has 0 saturated heterocycles. The molecule has 0 aliphatic heterocycles. The van der Waals surface area contributed by atoms with Crippen molar-refractivity contribution in [3.8, 4) is 0 Å². The quantitative estimate of drug-likeness (QED) is 0.365. The summed E-state index contributed by atoms with van der Waals surface area (Å²) in [5.41, 5.74) is -0.0537. The van der Waals surface area contributed by atoms with Gasteiger partial charge in [-0.15, -0.1) is 0 Å². The highest BCUT2D eigenvalue weighted by atomic mass is 16.4. The van der Waals surface area contributed by atoms with Crippen LogP contribution in [-0.4, -0.2) is 23.1 Å². The Bertz CT molecular complexity index is 978. The molecule has 0 bridgehead atoms. The first-order valence-corrected chi connectivity index (χ1v) is 13.7. The van der Waals surface area contributed by atoms with Crippen molar-refractivity contribution < 1.29 is 19.5 Å². The fraction of sp³-hybridized carbons (Fsp3) is 0.833. The average molecular weight is 469 g/mol. The Kier molecular flexibility index (Phi) is 5.04. The Balaban J connectivity index is 1.60. The van der Waals surface area contributed by atoms with Crippen molar-refractivity contribution in [1.82, 2.24) is 0 Å². The van der Waals surface area contributed by atoms with Gasteiger partial charge in [-0.2, -0.15) is 0 Å². The first kappa shape index (κ1) is 24.3. The number of rotatable bonds is 2. The summed E-state index contributed by atoms with van der Waals surface area (Å²) in [5, 5.41) is 10.0. The van der Waals surface area contributed by atoms with Crippen LogP contribution in [0, 0.1) is 50.2 Å². The SMILES string of the molecule is CC1(C)C(=O)CC[C@]2(C=O)C3CC[C@@H]4C5=C[C@@](C)(C(=O)O)CC[C@]5(C)CC[C@@]4(C)[C@]3(C)CC[C@@H]12. The van der Waals surface area contributed by atoms with Gasteiger partial charge in [0.15, 0.2) is 0 Å². The molecular weight excluding hydrogens is 424 g/mol. The van der Waals surface area contributed by atoms with Crippen LogP contribution in [0.3, 0.4) is 0 Å². The second-order valence-corrected chi connectivity index (χ2v) is 14.4. The summed E-state index contributed by atoms with van der Waals surface area (Å²) >= 11 is 0. The van der Waals surface area contributed by atoms with E-state index in [0.717, 1.165) is 44.9 Å². The summed E-state index contributed by atoms with van der Waals surface area (Å²) in [5.74, 6) is 0.431. The van der Waals surface area contributed by atoms with E-state index in [4.69, 9.17) is 0 Å². The number of ketones is 1. The minimum absolute atomic E-state index is 0.0169. The maximum Gasteiger partial charge on any atom is 0.313 e. The molecule has 4 heteroatoms. The van der Waals surface area contributed by atoms with E-state index in [-0.39, 0.29) is 22.2 Å². The Morgan fingerprint density at radius 2 is 1.56 bits per heavy atom. The Morgan fingerprint density at radius 1 is 0.882 bits per heavy atom. The van der Waals surface area contributed by atoms with Crippen molar-refractivity contribution >= 4 is 18.0 Å². The van der Waals surface area contributed by atoms with E-state index >= 15 is 0 Å². The monoisotopic (exact) mass is 468 g/mol. The highest BCUT2D eigenvalue weighted by Gasteiger charge is 2.70. The minimum atomic E-state index is -0.777. The molecule has 5 aliphatic rings. The molecule has 4 saturated carbocycles. The highest BCUT2D eigenvalue weighted by Crippen LogP contribution is 2.75. The van der Waals surface area contributed by atoms with Crippen LogP contribution in [-0.2, 0) is 14.4 Å². The van der Waals surface area contributed by atoms with E-state index in [1.165, 1.54) is 11.9 Å². The predicted molar refractivity (Wildman–Crippen MR) is 132 cm³/mol. The van der Waals surface area contributed by atoms with Gasteiger partial charge in [0.1, 0.15) is 12.1 Å². The lowest BCUT2D eigenvalue weighted by molar-refractivity contribution is -0.209. The zero-order valence-electron chi connectivity index (χ0n) is 22.1. The smallest absolute Gasteiger partial charge is 0.313 e. The summed E-state index contributed by atoms with van der Waals surface area (Å²) < 4.78 is 0. The van der Waals surface area contributed by atoms with Gasteiger partial charge in [-0.05, 0) is 98.7 Å². The zero-order chi connectivity index (χ0) is 24.9. The number of carbonyl (C=O) groups excluding carboxylic acids is 2. The van der Waals surface area contributed by atoms with Gasteiger partial charge in [-0.25, -0.2) is 0 Å². The predicted octanol–water partition coefficient (Wildman–Crippen LogP) is 6.62. The van der Waals surface area contributed by atoms with E-state index < -0.39 is 22.2 Å². The second kappa shape index (κ2) is 7.07. The average Bonchev–Trinajstić information content (AvgIpc) is 2.77. The standard InChI is InChI=1S/C30H44O4/c1-25(2)21-9-11-29(6)22(30(21,18-31)12-10-23(25)32)8-7-19-20-17-27(4,24(33)34)14-13-26(20,3)15-16-28(19,29)5/h17-19,21-22H,7-16H2,1-6H3,(H,33,34)/t19-,21+,22?,26-,27+,28-,29-,30-/m1/s1. The largest absolute Gasteiger partial charge is 0.481 e. The molecule has 1 N–H and O–H groups in total. The number of allylic oxidation sites excluding steroid dienone is 1. The van der Waals surface area contributed by atoms with Gasteiger partial charge >= 0.3 is 5.97 Å². The maximum absolute atomic E-state index is 13.0. The molecule has 188 valence electrons. The molecule has 1 unspecified atom stereocenters. The number of aldehydes is 1. The number of hydrogen-bond acceptors (Lipinski definition) is 3. The van der Waals surface area contributed by atoms with E-state index in [2.05, 4.69) is 40.7 Å². The molecule has 4 nitrogen and oxygen atoms in total. The lowest BCUT2D eigenvalue weighted by Crippen LogP contribution is -2.66. The lowest BCUT2D eigenvalue weighted by atomic mass is 9.32. The molecule has 0 spiro atoms. The fourth-order valence-corrected chi connectivity index (χ4v) is 10.2. The van der Waals surface area contributed by atoms with Gasteiger partial charge in [0.05, 0.1) is 5.41 Å². The van der Waals surface area contributed by atoms with Crippen LogP contribution in [0.4, 0.5) is 0 Å². The topological polar surface area (TPSA) is 71.4 Å². The molecule has 0 amide bonds. The Morgan fingerprint density at radius 3 is 2.21 bits per heavy atom. The van der Waals surface area contributed by atoms with Crippen molar-refractivity contribution in [1.29, 1.82) is 0 Å². The van der Waals surface area contributed by atoms with Crippen molar-refractivity contribution in [3.63, 3.8) is 0 Å². The number of fused-ring (bicyclic) bond motifs is 7. The summed E-state index contributed by atoms with van der Waals surface area (Å²) in [6.45, 7) is 13.4. The number of carboxylic acid groups (broad SMARTS) is 1. The summed E-state index contributed by atoms with van der Waals surface area (Å²) in [7, 11) is 0. The van der Waals surface area contributed by atoms with Gasteiger partial charge in [0.25, 0.3) is 0 Å². The highest BCUT2D eigenvalue weighted by molar-refractivity contribution is 5.87. The molecule has 8 atom stereocenters. The van der Waals surface area contributed by atoms with E-state index in [9.17, 15) is 19.5 Å². The zero-order valence-corrected chi connectivity index (χ0v) is 22.1. The van der Waals surface area contributed by atoms with Crippen LogP contribution in [0.15, 0.2) is 11.6 Å².